The monoisotopic (exact) mass is 635 g/mol. The van der Waals surface area contributed by atoms with Gasteiger partial charge in [-0.2, -0.15) is 0 Å². The lowest BCUT2D eigenvalue weighted by molar-refractivity contribution is -0.114. The van der Waals surface area contributed by atoms with Crippen LogP contribution in [0.2, 0.25) is 10.0 Å². The zero-order valence-electron chi connectivity index (χ0n) is 23.2. The average Bonchev–Trinajstić information content (AvgIpc) is 3.00. The fraction of sp³-hybridized carbons (Fsp3) is 0.0938. The Morgan fingerprint density at radius 1 is 0.791 bits per heavy atom. The Labute approximate surface area is 263 Å². The Balaban J connectivity index is 1.50. The van der Waals surface area contributed by atoms with Gasteiger partial charge in [0.25, 0.3) is 11.8 Å². The predicted octanol–water partition coefficient (Wildman–Crippen LogP) is 7.15. The highest BCUT2D eigenvalue weighted by atomic mass is 35.5. The highest BCUT2D eigenvalue weighted by Crippen LogP contribution is 2.28. The van der Waals surface area contributed by atoms with Gasteiger partial charge in [-0.25, -0.2) is 0 Å². The summed E-state index contributed by atoms with van der Waals surface area (Å²) < 4.78 is 10.7. The number of anilines is 2. The van der Waals surface area contributed by atoms with Crippen molar-refractivity contribution < 1.29 is 23.9 Å². The topological polar surface area (TPSA) is 106 Å². The zero-order valence-corrected chi connectivity index (χ0v) is 25.5. The molecule has 0 atom stereocenters. The molecule has 3 N–H and O–H groups in total. The van der Waals surface area contributed by atoms with Crippen molar-refractivity contribution in [2.24, 2.45) is 0 Å². The van der Waals surface area contributed by atoms with E-state index >= 15 is 0 Å². The summed E-state index contributed by atoms with van der Waals surface area (Å²) in [6.07, 6.45) is 1.53. The van der Waals surface area contributed by atoms with Gasteiger partial charge in [0, 0.05) is 43.5 Å². The summed E-state index contributed by atoms with van der Waals surface area (Å²) in [7, 11) is 3.04. The Morgan fingerprint density at radius 3 is 2.23 bits per heavy atom. The first-order valence-electron chi connectivity index (χ1n) is 12.8. The minimum Gasteiger partial charge on any atom is -0.497 e. The number of carbonyl (C=O) groups is 3. The largest absolute Gasteiger partial charge is 0.497 e. The van der Waals surface area contributed by atoms with Crippen LogP contribution in [-0.4, -0.2) is 37.7 Å². The molecule has 4 aromatic carbocycles. The van der Waals surface area contributed by atoms with Crippen LogP contribution >= 0.6 is 35.0 Å². The number of thioether (sulfide) groups is 1. The zero-order chi connectivity index (χ0) is 30.8. The van der Waals surface area contributed by atoms with Crippen molar-refractivity contribution in [2.75, 3.05) is 30.6 Å². The number of hydrogen-bond acceptors (Lipinski definition) is 6. The van der Waals surface area contributed by atoms with Crippen LogP contribution in [0, 0.1) is 0 Å². The molecule has 0 spiro atoms. The summed E-state index contributed by atoms with van der Waals surface area (Å²) in [6.45, 7) is 0. The molecule has 0 saturated heterocycles. The molecule has 0 bridgehead atoms. The van der Waals surface area contributed by atoms with Crippen molar-refractivity contribution in [2.45, 2.75) is 4.90 Å². The van der Waals surface area contributed by atoms with Crippen LogP contribution in [0.3, 0.4) is 0 Å². The van der Waals surface area contributed by atoms with Gasteiger partial charge in [-0.1, -0.05) is 47.5 Å². The SMILES string of the molecule is COc1ccc(/C=C(/NC(=O)c2ccccc2)C(=O)Nc2cccc(SCC(=O)Nc3cc(Cl)cc(Cl)c3)c2)c(OC)c1. The van der Waals surface area contributed by atoms with Crippen molar-refractivity contribution in [3.8, 4) is 11.5 Å². The molecule has 11 heteroatoms. The van der Waals surface area contributed by atoms with Crippen molar-refractivity contribution in [1.29, 1.82) is 0 Å². The van der Waals surface area contributed by atoms with Crippen LogP contribution in [0.4, 0.5) is 11.4 Å². The van der Waals surface area contributed by atoms with E-state index in [1.807, 2.05) is 6.07 Å². The molecule has 43 heavy (non-hydrogen) atoms. The molecule has 0 fully saturated rings. The minimum atomic E-state index is -0.556. The molecule has 3 amide bonds. The number of benzene rings is 4. The summed E-state index contributed by atoms with van der Waals surface area (Å²) in [6, 6.07) is 25.5. The van der Waals surface area contributed by atoms with Crippen LogP contribution < -0.4 is 25.4 Å². The molecule has 0 aromatic heterocycles. The Hall–Kier alpha value is -4.44. The van der Waals surface area contributed by atoms with Crippen LogP contribution in [0.5, 0.6) is 11.5 Å². The van der Waals surface area contributed by atoms with Gasteiger partial charge >= 0.3 is 0 Å². The molecular formula is C32H27Cl2N3O5S. The van der Waals surface area contributed by atoms with E-state index in [0.717, 1.165) is 4.90 Å². The molecular weight excluding hydrogens is 609 g/mol. The van der Waals surface area contributed by atoms with Gasteiger partial charge in [0.1, 0.15) is 17.2 Å². The molecule has 0 heterocycles. The Bertz CT molecular complexity index is 1640. The quantitative estimate of drug-likeness (QED) is 0.119. The maximum atomic E-state index is 13.5. The van der Waals surface area contributed by atoms with Crippen LogP contribution in [0.25, 0.3) is 6.08 Å². The molecule has 0 aliphatic carbocycles. The number of nitrogens with one attached hydrogen (secondary N) is 3. The lowest BCUT2D eigenvalue weighted by atomic mass is 10.1. The highest BCUT2D eigenvalue weighted by Gasteiger charge is 2.17. The van der Waals surface area contributed by atoms with Gasteiger partial charge in [0.2, 0.25) is 5.91 Å². The fourth-order valence-electron chi connectivity index (χ4n) is 3.87. The van der Waals surface area contributed by atoms with Crippen molar-refractivity contribution in [1.82, 2.24) is 5.32 Å². The first-order chi connectivity index (χ1) is 20.7. The van der Waals surface area contributed by atoms with E-state index in [-0.39, 0.29) is 17.4 Å². The lowest BCUT2D eigenvalue weighted by Crippen LogP contribution is -2.30. The third-order valence-electron chi connectivity index (χ3n) is 5.88. The Kier molecular flexibility index (Phi) is 11.1. The molecule has 0 saturated carbocycles. The maximum Gasteiger partial charge on any atom is 0.272 e. The van der Waals surface area contributed by atoms with E-state index in [2.05, 4.69) is 16.0 Å². The number of hydrogen-bond donors (Lipinski definition) is 3. The second kappa shape index (κ2) is 15.2. The Morgan fingerprint density at radius 2 is 1.53 bits per heavy atom. The van der Waals surface area contributed by atoms with Crippen molar-refractivity contribution >= 4 is 70.1 Å². The molecule has 4 rings (SSSR count). The summed E-state index contributed by atoms with van der Waals surface area (Å²) >= 11 is 13.3. The van der Waals surface area contributed by atoms with Gasteiger partial charge in [-0.05, 0) is 66.7 Å². The molecule has 220 valence electrons. The summed E-state index contributed by atoms with van der Waals surface area (Å²) in [5.74, 6) is -0.120. The van der Waals surface area contributed by atoms with E-state index < -0.39 is 11.8 Å². The van der Waals surface area contributed by atoms with E-state index in [4.69, 9.17) is 32.7 Å². The smallest absolute Gasteiger partial charge is 0.272 e. The van der Waals surface area contributed by atoms with Gasteiger partial charge < -0.3 is 25.4 Å². The van der Waals surface area contributed by atoms with Crippen molar-refractivity contribution in [3.05, 3.63) is 118 Å². The molecule has 0 radical (unpaired) electrons. The minimum absolute atomic E-state index is 0.00469. The fourth-order valence-corrected chi connectivity index (χ4v) is 5.15. The third-order valence-corrected chi connectivity index (χ3v) is 7.31. The van der Waals surface area contributed by atoms with Gasteiger partial charge in [0.15, 0.2) is 0 Å². The van der Waals surface area contributed by atoms with E-state index in [1.165, 1.54) is 32.1 Å². The van der Waals surface area contributed by atoms with Gasteiger partial charge in [-0.15, -0.1) is 11.8 Å². The molecule has 0 aliphatic rings. The first kappa shape index (κ1) is 31.5. The lowest BCUT2D eigenvalue weighted by Gasteiger charge is -2.13. The number of carbonyl (C=O) groups excluding carboxylic acids is 3. The second-order valence-corrected chi connectivity index (χ2v) is 10.9. The number of amides is 3. The summed E-state index contributed by atoms with van der Waals surface area (Å²) in [5, 5.41) is 9.13. The average molecular weight is 637 g/mol. The maximum absolute atomic E-state index is 13.5. The van der Waals surface area contributed by atoms with Crippen LogP contribution in [-0.2, 0) is 9.59 Å². The van der Waals surface area contributed by atoms with E-state index in [1.54, 1.807) is 84.9 Å². The summed E-state index contributed by atoms with van der Waals surface area (Å²) in [4.78, 5) is 39.7. The predicted molar refractivity (Wildman–Crippen MR) is 172 cm³/mol. The third kappa shape index (κ3) is 9.27. The standard InChI is InChI=1S/C32H27Cl2N3O5S/c1-41-26-12-11-21(29(18-26)42-2)13-28(37-31(39)20-7-4-3-5-8-20)32(40)36-24-9-6-10-27(17-24)43-19-30(38)35-25-15-22(33)14-23(34)16-25/h3-18H,19H2,1-2H3,(H,35,38)(H,36,40)(H,37,39)/b28-13+. The molecule has 8 nitrogen and oxygen atoms in total. The van der Waals surface area contributed by atoms with Crippen molar-refractivity contribution in [3.63, 3.8) is 0 Å². The van der Waals surface area contributed by atoms with Crippen LogP contribution in [0.15, 0.2) is 102 Å². The van der Waals surface area contributed by atoms with E-state index in [9.17, 15) is 14.4 Å². The van der Waals surface area contributed by atoms with Crippen LogP contribution in [0.1, 0.15) is 15.9 Å². The summed E-state index contributed by atoms with van der Waals surface area (Å²) in [5.41, 5.74) is 1.90. The number of rotatable bonds is 11. The van der Waals surface area contributed by atoms with Gasteiger partial charge in [0.05, 0.1) is 20.0 Å². The van der Waals surface area contributed by atoms with E-state index in [0.29, 0.717) is 44.0 Å². The number of ether oxygens (including phenoxy) is 2. The second-order valence-electron chi connectivity index (χ2n) is 8.96. The molecule has 0 aliphatic heterocycles. The number of methoxy groups -OCH3 is 2. The number of halogens is 2. The normalized spacial score (nSPS) is 10.9. The van der Waals surface area contributed by atoms with Gasteiger partial charge in [-0.3, -0.25) is 14.4 Å². The first-order valence-corrected chi connectivity index (χ1v) is 14.6. The molecule has 0 unspecified atom stereocenters. The highest BCUT2D eigenvalue weighted by molar-refractivity contribution is 8.00. The molecule has 4 aromatic rings.